The van der Waals surface area contributed by atoms with Crippen molar-refractivity contribution in [1.82, 2.24) is 5.43 Å². The summed E-state index contributed by atoms with van der Waals surface area (Å²) in [6, 6.07) is 12.1. The lowest BCUT2D eigenvalue weighted by molar-refractivity contribution is 0.546. The highest BCUT2D eigenvalue weighted by Crippen LogP contribution is 2.26. The molecule has 2 aromatic carbocycles. The lowest BCUT2D eigenvalue weighted by Crippen LogP contribution is -2.30. The molecule has 0 aliphatic rings. The van der Waals surface area contributed by atoms with Gasteiger partial charge in [0.1, 0.15) is 5.82 Å². The van der Waals surface area contributed by atoms with Crippen molar-refractivity contribution in [2.75, 3.05) is 0 Å². The molecular formula is C14H13ClFIN2. The van der Waals surface area contributed by atoms with Crippen LogP contribution in [0.2, 0.25) is 5.02 Å². The Morgan fingerprint density at radius 1 is 1.26 bits per heavy atom. The molecule has 3 N–H and O–H groups in total. The van der Waals surface area contributed by atoms with Gasteiger partial charge in [0.25, 0.3) is 0 Å². The van der Waals surface area contributed by atoms with E-state index >= 15 is 0 Å². The van der Waals surface area contributed by atoms with E-state index in [9.17, 15) is 4.39 Å². The van der Waals surface area contributed by atoms with E-state index in [-0.39, 0.29) is 11.9 Å². The van der Waals surface area contributed by atoms with E-state index in [1.807, 2.05) is 24.3 Å². The van der Waals surface area contributed by atoms with Gasteiger partial charge in [0.2, 0.25) is 0 Å². The predicted octanol–water partition coefficient (Wildman–Crippen LogP) is 3.83. The van der Waals surface area contributed by atoms with Crippen molar-refractivity contribution in [3.05, 3.63) is 68.0 Å². The molecule has 2 aromatic rings. The molecule has 0 saturated heterocycles. The fourth-order valence-electron chi connectivity index (χ4n) is 1.94. The van der Waals surface area contributed by atoms with Crippen LogP contribution < -0.4 is 11.3 Å². The average molecular weight is 391 g/mol. The molecule has 0 aliphatic heterocycles. The highest BCUT2D eigenvalue weighted by atomic mass is 127. The van der Waals surface area contributed by atoms with Gasteiger partial charge < -0.3 is 0 Å². The van der Waals surface area contributed by atoms with Crippen LogP contribution in [0.3, 0.4) is 0 Å². The van der Waals surface area contributed by atoms with Crippen molar-refractivity contribution >= 4 is 34.2 Å². The largest absolute Gasteiger partial charge is 0.271 e. The molecule has 0 spiro atoms. The Balaban J connectivity index is 2.27. The Morgan fingerprint density at radius 2 is 2.05 bits per heavy atom. The second-order valence-electron chi connectivity index (χ2n) is 4.22. The fraction of sp³-hybridized carbons (Fsp3) is 0.143. The number of nitrogens with one attached hydrogen (secondary N) is 1. The average Bonchev–Trinajstić information content (AvgIpc) is 2.39. The number of nitrogens with two attached hydrogens (primary N) is 1. The van der Waals surface area contributed by atoms with Crippen LogP contribution >= 0.6 is 34.2 Å². The topological polar surface area (TPSA) is 38.0 Å². The van der Waals surface area contributed by atoms with Gasteiger partial charge >= 0.3 is 0 Å². The first-order valence-corrected chi connectivity index (χ1v) is 7.21. The number of hydrogen-bond acceptors (Lipinski definition) is 2. The van der Waals surface area contributed by atoms with E-state index in [2.05, 4.69) is 28.0 Å². The zero-order valence-corrected chi connectivity index (χ0v) is 13.0. The van der Waals surface area contributed by atoms with Gasteiger partial charge in [-0.3, -0.25) is 11.3 Å². The first kappa shape index (κ1) is 14.7. The van der Waals surface area contributed by atoms with Crippen molar-refractivity contribution in [1.29, 1.82) is 0 Å². The number of halogens is 3. The third kappa shape index (κ3) is 3.89. The zero-order valence-electron chi connectivity index (χ0n) is 10.0. The van der Waals surface area contributed by atoms with E-state index < -0.39 is 0 Å². The van der Waals surface area contributed by atoms with Crippen LogP contribution in [-0.4, -0.2) is 0 Å². The zero-order chi connectivity index (χ0) is 13.8. The SMILES string of the molecule is NNC(Cc1cccc(F)c1)c1cc(Cl)ccc1I. The minimum absolute atomic E-state index is 0.104. The molecule has 0 radical (unpaired) electrons. The van der Waals surface area contributed by atoms with Crippen molar-refractivity contribution in [2.24, 2.45) is 5.84 Å². The third-order valence-corrected chi connectivity index (χ3v) is 4.08. The summed E-state index contributed by atoms with van der Waals surface area (Å²) in [6.07, 6.45) is 0.602. The molecule has 19 heavy (non-hydrogen) atoms. The molecule has 2 rings (SSSR count). The van der Waals surface area contributed by atoms with Crippen molar-refractivity contribution < 1.29 is 4.39 Å². The summed E-state index contributed by atoms with van der Waals surface area (Å²) >= 11 is 8.25. The smallest absolute Gasteiger partial charge is 0.123 e. The van der Waals surface area contributed by atoms with Gasteiger partial charge in [0, 0.05) is 8.59 Å². The Bertz CT molecular complexity index is 577. The molecule has 0 aliphatic carbocycles. The van der Waals surface area contributed by atoms with Gasteiger partial charge in [0.15, 0.2) is 0 Å². The molecule has 0 bridgehead atoms. The number of hydrazine groups is 1. The molecule has 0 fully saturated rings. The summed E-state index contributed by atoms with van der Waals surface area (Å²) in [4.78, 5) is 0. The molecule has 0 heterocycles. The molecule has 0 amide bonds. The normalized spacial score (nSPS) is 12.4. The quantitative estimate of drug-likeness (QED) is 0.473. The minimum atomic E-state index is -0.242. The van der Waals surface area contributed by atoms with E-state index in [4.69, 9.17) is 17.4 Å². The van der Waals surface area contributed by atoms with Crippen LogP contribution in [0.5, 0.6) is 0 Å². The van der Waals surface area contributed by atoms with Crippen molar-refractivity contribution in [2.45, 2.75) is 12.5 Å². The molecule has 2 nitrogen and oxygen atoms in total. The maximum Gasteiger partial charge on any atom is 0.123 e. The maximum atomic E-state index is 13.2. The van der Waals surface area contributed by atoms with Crippen LogP contribution in [0.25, 0.3) is 0 Å². The monoisotopic (exact) mass is 390 g/mol. The van der Waals surface area contributed by atoms with Gasteiger partial charge in [-0.2, -0.15) is 0 Å². The Hall–Kier alpha value is -0.690. The van der Waals surface area contributed by atoms with Crippen molar-refractivity contribution in [3.63, 3.8) is 0 Å². The van der Waals surface area contributed by atoms with Gasteiger partial charge in [-0.05, 0) is 70.5 Å². The molecular weight excluding hydrogens is 378 g/mol. The minimum Gasteiger partial charge on any atom is -0.271 e. The summed E-state index contributed by atoms with van der Waals surface area (Å²) in [5.41, 5.74) is 4.67. The van der Waals surface area contributed by atoms with Crippen LogP contribution in [0.1, 0.15) is 17.2 Å². The lowest BCUT2D eigenvalue weighted by atomic mass is 9.99. The summed E-state index contributed by atoms with van der Waals surface area (Å²) in [7, 11) is 0. The molecule has 0 saturated carbocycles. The van der Waals surface area contributed by atoms with Gasteiger partial charge in [-0.1, -0.05) is 23.7 Å². The van der Waals surface area contributed by atoms with Gasteiger partial charge in [0.05, 0.1) is 6.04 Å². The number of benzene rings is 2. The molecule has 5 heteroatoms. The van der Waals surface area contributed by atoms with Gasteiger partial charge in [-0.25, -0.2) is 4.39 Å². The second-order valence-corrected chi connectivity index (χ2v) is 5.82. The number of hydrogen-bond donors (Lipinski definition) is 2. The standard InChI is InChI=1S/C14H13ClFIN2/c15-10-4-5-13(17)12(8-10)14(19-18)7-9-2-1-3-11(16)6-9/h1-6,8,14,19H,7,18H2. The summed E-state index contributed by atoms with van der Waals surface area (Å²) < 4.78 is 14.3. The Kier molecular flexibility index (Phi) is 5.15. The first-order valence-electron chi connectivity index (χ1n) is 5.75. The molecule has 0 aromatic heterocycles. The molecule has 1 atom stereocenters. The van der Waals surface area contributed by atoms with E-state index in [0.29, 0.717) is 11.4 Å². The Labute approximate surface area is 130 Å². The maximum absolute atomic E-state index is 13.2. The van der Waals surface area contributed by atoms with Crippen LogP contribution in [-0.2, 0) is 6.42 Å². The first-order chi connectivity index (χ1) is 9.10. The van der Waals surface area contributed by atoms with Gasteiger partial charge in [-0.15, -0.1) is 0 Å². The van der Waals surface area contributed by atoms with E-state index in [0.717, 1.165) is 14.7 Å². The van der Waals surface area contributed by atoms with E-state index in [1.165, 1.54) is 12.1 Å². The second kappa shape index (κ2) is 6.65. The highest BCUT2D eigenvalue weighted by molar-refractivity contribution is 14.1. The highest BCUT2D eigenvalue weighted by Gasteiger charge is 2.14. The summed E-state index contributed by atoms with van der Waals surface area (Å²) in [6.45, 7) is 0. The molecule has 100 valence electrons. The van der Waals surface area contributed by atoms with Crippen LogP contribution in [0.15, 0.2) is 42.5 Å². The lowest BCUT2D eigenvalue weighted by Gasteiger charge is -2.18. The van der Waals surface area contributed by atoms with Crippen LogP contribution in [0.4, 0.5) is 4.39 Å². The number of rotatable bonds is 4. The Morgan fingerprint density at radius 3 is 2.74 bits per heavy atom. The summed E-state index contributed by atoms with van der Waals surface area (Å²) in [5.74, 6) is 5.38. The fourth-order valence-corrected chi connectivity index (χ4v) is 2.83. The predicted molar refractivity (Wildman–Crippen MR) is 84.3 cm³/mol. The summed E-state index contributed by atoms with van der Waals surface area (Å²) in [5, 5.41) is 0.662. The molecule has 1 unspecified atom stereocenters. The van der Waals surface area contributed by atoms with E-state index in [1.54, 1.807) is 6.07 Å². The third-order valence-electron chi connectivity index (χ3n) is 2.86. The van der Waals surface area contributed by atoms with Crippen molar-refractivity contribution in [3.8, 4) is 0 Å². The van der Waals surface area contributed by atoms with Crippen LogP contribution in [0, 0.1) is 9.39 Å².